The maximum Gasteiger partial charge on any atom is 0.425 e. The first-order chi connectivity index (χ1) is 10.7. The van der Waals surface area contributed by atoms with E-state index in [4.69, 9.17) is 0 Å². The number of halogens is 3. The zero-order chi connectivity index (χ0) is 17.2. The van der Waals surface area contributed by atoms with E-state index in [0.29, 0.717) is 23.1 Å². The van der Waals surface area contributed by atoms with Crippen LogP contribution in [0.3, 0.4) is 0 Å². The van der Waals surface area contributed by atoms with Crippen molar-refractivity contribution < 1.29 is 18.3 Å². The molecule has 2 aromatic rings. The maximum absolute atomic E-state index is 13.9. The Bertz CT molecular complexity index is 805. The van der Waals surface area contributed by atoms with Gasteiger partial charge in [-0.25, -0.2) is 0 Å². The third-order valence-electron chi connectivity index (χ3n) is 5.18. The molecule has 0 heterocycles. The summed E-state index contributed by atoms with van der Waals surface area (Å²) in [4.78, 5) is 0. The minimum absolute atomic E-state index is 0.00569. The van der Waals surface area contributed by atoms with Gasteiger partial charge in [-0.1, -0.05) is 31.2 Å². The fraction of sp³-hybridized carbons (Fsp3) is 0.368. The molecule has 0 saturated heterocycles. The van der Waals surface area contributed by atoms with Gasteiger partial charge < -0.3 is 5.11 Å². The lowest BCUT2D eigenvalue weighted by molar-refractivity contribution is -0.247. The Hall–Kier alpha value is -1.81. The Morgan fingerprint density at radius 1 is 1.00 bits per heavy atom. The summed E-state index contributed by atoms with van der Waals surface area (Å²) in [6.07, 6.45) is -4.14. The van der Waals surface area contributed by atoms with Crippen LogP contribution in [0.5, 0.6) is 0 Å². The summed E-state index contributed by atoms with van der Waals surface area (Å²) < 4.78 is 41.7. The number of alkyl halides is 3. The Morgan fingerprint density at radius 2 is 1.61 bits per heavy atom. The van der Waals surface area contributed by atoms with Crippen molar-refractivity contribution in [1.29, 1.82) is 0 Å². The molecule has 122 valence electrons. The second kappa shape index (κ2) is 4.84. The van der Waals surface area contributed by atoms with Crippen LogP contribution in [0.25, 0.3) is 11.1 Å². The van der Waals surface area contributed by atoms with E-state index in [-0.39, 0.29) is 11.1 Å². The molecular weight excluding hydrogens is 301 g/mol. The number of hydrogen-bond donors (Lipinski definition) is 1. The summed E-state index contributed by atoms with van der Waals surface area (Å²) >= 11 is 0. The van der Waals surface area contributed by atoms with Crippen molar-refractivity contribution in [3.63, 3.8) is 0 Å². The van der Waals surface area contributed by atoms with E-state index in [1.54, 1.807) is 25.1 Å². The molecule has 1 aliphatic rings. The van der Waals surface area contributed by atoms with Gasteiger partial charge in [0.05, 0.1) is 0 Å². The van der Waals surface area contributed by atoms with Crippen molar-refractivity contribution in [2.45, 2.75) is 45.9 Å². The predicted octanol–water partition coefficient (Wildman–Crippen LogP) is 4.95. The first-order valence-electron chi connectivity index (χ1n) is 7.68. The number of rotatable bonds is 1. The topological polar surface area (TPSA) is 20.2 Å². The zero-order valence-electron chi connectivity index (χ0n) is 13.6. The van der Waals surface area contributed by atoms with Crippen molar-refractivity contribution >= 4 is 0 Å². The first-order valence-corrected chi connectivity index (χ1v) is 7.68. The van der Waals surface area contributed by atoms with E-state index in [1.807, 2.05) is 20.8 Å². The van der Waals surface area contributed by atoms with Gasteiger partial charge in [0, 0.05) is 11.1 Å². The van der Waals surface area contributed by atoms with Crippen LogP contribution in [0.2, 0.25) is 0 Å². The summed E-state index contributed by atoms with van der Waals surface area (Å²) in [5.74, 6) is 0. The van der Waals surface area contributed by atoms with Crippen molar-refractivity contribution in [2.75, 3.05) is 0 Å². The summed E-state index contributed by atoms with van der Waals surface area (Å²) in [5, 5.41) is 10.8. The van der Waals surface area contributed by atoms with Crippen molar-refractivity contribution in [2.24, 2.45) is 0 Å². The van der Waals surface area contributed by atoms with Crippen LogP contribution < -0.4 is 0 Å². The number of fused-ring (bicyclic) bond motifs is 3. The Labute approximate surface area is 133 Å². The Balaban J connectivity index is 2.55. The summed E-state index contributed by atoms with van der Waals surface area (Å²) in [6, 6.07) is 6.29. The number of aliphatic hydroxyl groups is 1. The van der Waals surface area contributed by atoms with Gasteiger partial charge in [-0.05, 0) is 60.6 Å². The average molecular weight is 320 g/mol. The van der Waals surface area contributed by atoms with Crippen molar-refractivity contribution in [1.82, 2.24) is 0 Å². The minimum atomic E-state index is -4.77. The molecule has 0 spiro atoms. The highest BCUT2D eigenvalue weighted by Gasteiger charge is 2.61. The lowest BCUT2D eigenvalue weighted by Crippen LogP contribution is -2.42. The van der Waals surface area contributed by atoms with E-state index < -0.39 is 11.8 Å². The van der Waals surface area contributed by atoms with E-state index in [1.165, 1.54) is 6.07 Å². The van der Waals surface area contributed by atoms with Crippen molar-refractivity contribution in [3.8, 4) is 11.1 Å². The van der Waals surface area contributed by atoms with Gasteiger partial charge in [-0.2, -0.15) is 13.2 Å². The van der Waals surface area contributed by atoms with Gasteiger partial charge >= 0.3 is 6.18 Å². The van der Waals surface area contributed by atoms with E-state index in [0.717, 1.165) is 16.7 Å². The smallest absolute Gasteiger partial charge is 0.372 e. The SMILES string of the molecule is CCc1c(C)c(C)c2c(c1C)C(O)(C(F)(F)F)c1ccccc1-2. The second-order valence-corrected chi connectivity index (χ2v) is 6.21. The van der Waals surface area contributed by atoms with E-state index in [2.05, 4.69) is 0 Å². The van der Waals surface area contributed by atoms with Crippen molar-refractivity contribution in [3.05, 3.63) is 57.6 Å². The molecule has 1 atom stereocenters. The van der Waals surface area contributed by atoms with Crippen LogP contribution >= 0.6 is 0 Å². The molecule has 1 unspecified atom stereocenters. The largest absolute Gasteiger partial charge is 0.425 e. The van der Waals surface area contributed by atoms with Gasteiger partial charge in [0.15, 0.2) is 0 Å². The minimum Gasteiger partial charge on any atom is -0.372 e. The average Bonchev–Trinajstić information content (AvgIpc) is 2.77. The fourth-order valence-electron chi connectivity index (χ4n) is 3.99. The molecule has 4 heteroatoms. The van der Waals surface area contributed by atoms with Gasteiger partial charge in [0.25, 0.3) is 0 Å². The highest BCUT2D eigenvalue weighted by molar-refractivity contribution is 5.85. The molecule has 23 heavy (non-hydrogen) atoms. The molecule has 1 aliphatic carbocycles. The van der Waals surface area contributed by atoms with Crippen LogP contribution in [0.1, 0.15) is 40.3 Å². The molecule has 1 nitrogen and oxygen atoms in total. The van der Waals surface area contributed by atoms with Crippen LogP contribution in [0, 0.1) is 20.8 Å². The molecule has 3 rings (SSSR count). The molecule has 2 aromatic carbocycles. The molecule has 0 amide bonds. The third kappa shape index (κ3) is 1.84. The van der Waals surface area contributed by atoms with Gasteiger partial charge in [0.2, 0.25) is 5.60 Å². The van der Waals surface area contributed by atoms with E-state index in [9.17, 15) is 18.3 Å². The van der Waals surface area contributed by atoms with Crippen LogP contribution in [-0.4, -0.2) is 11.3 Å². The molecule has 0 radical (unpaired) electrons. The number of benzene rings is 2. The Kier molecular flexibility index (Phi) is 3.38. The molecule has 0 aromatic heterocycles. The van der Waals surface area contributed by atoms with Crippen LogP contribution in [-0.2, 0) is 12.0 Å². The molecule has 1 N–H and O–H groups in total. The fourth-order valence-corrected chi connectivity index (χ4v) is 3.99. The lowest BCUT2D eigenvalue weighted by atomic mass is 9.82. The normalized spacial score (nSPS) is 19.7. The zero-order valence-corrected chi connectivity index (χ0v) is 13.6. The van der Waals surface area contributed by atoms with Crippen LogP contribution in [0.15, 0.2) is 24.3 Å². The molecule has 0 aliphatic heterocycles. The molecule has 0 bridgehead atoms. The molecule has 0 fully saturated rings. The monoisotopic (exact) mass is 320 g/mol. The van der Waals surface area contributed by atoms with Gasteiger partial charge in [-0.15, -0.1) is 0 Å². The first kappa shape index (κ1) is 16.1. The van der Waals surface area contributed by atoms with Gasteiger partial charge in [-0.3, -0.25) is 0 Å². The summed E-state index contributed by atoms with van der Waals surface area (Å²) in [6.45, 7) is 7.39. The standard InChI is InChI=1S/C19H19F3O/c1-5-13-10(2)11(3)16-14-8-6-7-9-15(14)18(23,19(20,21)22)17(16)12(13)4/h6-9,23H,5H2,1-4H3. The summed E-state index contributed by atoms with van der Waals surface area (Å²) in [5.41, 5.74) is 1.26. The molecular formula is C19H19F3O. The van der Waals surface area contributed by atoms with Crippen LogP contribution in [0.4, 0.5) is 13.2 Å². The highest BCUT2D eigenvalue weighted by Crippen LogP contribution is 2.57. The molecule has 0 saturated carbocycles. The number of hydrogen-bond acceptors (Lipinski definition) is 1. The lowest BCUT2D eigenvalue weighted by Gasteiger charge is -2.31. The van der Waals surface area contributed by atoms with E-state index >= 15 is 0 Å². The second-order valence-electron chi connectivity index (χ2n) is 6.21. The predicted molar refractivity (Wildman–Crippen MR) is 84.5 cm³/mol. The summed E-state index contributed by atoms with van der Waals surface area (Å²) in [7, 11) is 0. The van der Waals surface area contributed by atoms with Gasteiger partial charge in [0.1, 0.15) is 0 Å². The highest BCUT2D eigenvalue weighted by atomic mass is 19.4. The third-order valence-corrected chi connectivity index (χ3v) is 5.18. The maximum atomic E-state index is 13.9. The quantitative estimate of drug-likeness (QED) is 0.788. The Morgan fingerprint density at radius 3 is 2.17 bits per heavy atom.